The van der Waals surface area contributed by atoms with Crippen molar-refractivity contribution in [2.24, 2.45) is 0 Å². The average molecular weight is 364 g/mol. The first-order valence-corrected chi connectivity index (χ1v) is 8.90. The predicted octanol–water partition coefficient (Wildman–Crippen LogP) is 2.64. The zero-order chi connectivity index (χ0) is 18.5. The summed E-state index contributed by atoms with van der Waals surface area (Å²) in [5.74, 6) is 0.840. The summed E-state index contributed by atoms with van der Waals surface area (Å²) in [4.78, 5) is 16.7. The van der Waals surface area contributed by atoms with Gasteiger partial charge in [-0.2, -0.15) is 0 Å². The number of para-hydroxylation sites is 1. The Hall–Kier alpha value is -3.26. The Bertz CT molecular complexity index is 905. The Kier molecular flexibility index (Phi) is 5.06. The summed E-state index contributed by atoms with van der Waals surface area (Å²) in [7, 11) is 0. The van der Waals surface area contributed by atoms with Crippen LogP contribution in [0.4, 0.5) is 5.69 Å². The molecule has 1 amide bonds. The lowest BCUT2D eigenvalue weighted by atomic mass is 10.1. The molecule has 8 nitrogen and oxygen atoms in total. The Morgan fingerprint density at radius 1 is 1.19 bits per heavy atom. The third-order valence-corrected chi connectivity index (χ3v) is 4.43. The van der Waals surface area contributed by atoms with Crippen LogP contribution in [-0.2, 0) is 0 Å². The number of aromatic nitrogens is 4. The van der Waals surface area contributed by atoms with Crippen LogP contribution in [0.25, 0.3) is 0 Å². The van der Waals surface area contributed by atoms with Gasteiger partial charge in [-0.25, -0.2) is 4.68 Å². The highest BCUT2D eigenvalue weighted by atomic mass is 16.5. The van der Waals surface area contributed by atoms with Crippen molar-refractivity contribution in [2.45, 2.75) is 18.9 Å². The van der Waals surface area contributed by atoms with E-state index in [0.717, 1.165) is 25.9 Å². The summed E-state index contributed by atoms with van der Waals surface area (Å²) in [6, 6.07) is 11.3. The number of carbonyl (C=O) groups excluding carboxylic acids is 1. The van der Waals surface area contributed by atoms with E-state index >= 15 is 0 Å². The van der Waals surface area contributed by atoms with E-state index in [1.165, 1.54) is 0 Å². The SMILES string of the molecule is O=C(Nc1cnccc1Oc1ccccc1)c1cn(C2CCNCC2)nn1. The first kappa shape index (κ1) is 17.2. The number of piperidine rings is 1. The largest absolute Gasteiger partial charge is 0.455 e. The number of benzene rings is 1. The lowest BCUT2D eigenvalue weighted by Gasteiger charge is -2.22. The number of nitrogens with zero attached hydrogens (tertiary/aromatic N) is 4. The number of rotatable bonds is 5. The molecule has 3 heterocycles. The van der Waals surface area contributed by atoms with E-state index in [0.29, 0.717) is 17.2 Å². The van der Waals surface area contributed by atoms with Crippen LogP contribution in [0.1, 0.15) is 29.4 Å². The molecule has 0 bridgehead atoms. The van der Waals surface area contributed by atoms with Crippen LogP contribution in [-0.4, -0.2) is 39.0 Å². The molecule has 27 heavy (non-hydrogen) atoms. The summed E-state index contributed by atoms with van der Waals surface area (Å²) in [6.45, 7) is 1.89. The van der Waals surface area contributed by atoms with Crippen LogP contribution >= 0.6 is 0 Å². The van der Waals surface area contributed by atoms with Crippen molar-refractivity contribution in [3.63, 3.8) is 0 Å². The number of hydrogen-bond acceptors (Lipinski definition) is 6. The molecule has 0 spiro atoms. The number of anilines is 1. The van der Waals surface area contributed by atoms with Gasteiger partial charge in [-0.05, 0) is 38.1 Å². The van der Waals surface area contributed by atoms with Gasteiger partial charge in [0.25, 0.3) is 5.91 Å². The molecule has 0 atom stereocenters. The molecule has 1 aliphatic rings. The maximum absolute atomic E-state index is 12.6. The van der Waals surface area contributed by atoms with Crippen molar-refractivity contribution in [1.82, 2.24) is 25.3 Å². The molecule has 138 valence electrons. The van der Waals surface area contributed by atoms with E-state index in [9.17, 15) is 4.79 Å². The fourth-order valence-electron chi connectivity index (χ4n) is 3.00. The Balaban J connectivity index is 1.48. The number of pyridine rings is 1. The summed E-state index contributed by atoms with van der Waals surface area (Å²) in [6.07, 6.45) is 6.80. The van der Waals surface area contributed by atoms with Crippen molar-refractivity contribution in [1.29, 1.82) is 0 Å². The van der Waals surface area contributed by atoms with E-state index in [1.807, 2.05) is 30.3 Å². The summed E-state index contributed by atoms with van der Waals surface area (Å²) in [5, 5.41) is 14.3. The van der Waals surface area contributed by atoms with E-state index in [-0.39, 0.29) is 17.6 Å². The lowest BCUT2D eigenvalue weighted by Crippen LogP contribution is -2.29. The molecule has 3 aromatic rings. The van der Waals surface area contributed by atoms with Gasteiger partial charge in [0.05, 0.1) is 18.4 Å². The number of nitrogens with one attached hydrogen (secondary N) is 2. The Morgan fingerprint density at radius 2 is 2.00 bits per heavy atom. The zero-order valence-electron chi connectivity index (χ0n) is 14.7. The Labute approximate surface area is 156 Å². The fraction of sp³-hybridized carbons (Fsp3) is 0.263. The molecular weight excluding hydrogens is 344 g/mol. The number of carbonyl (C=O) groups is 1. The van der Waals surface area contributed by atoms with Gasteiger partial charge in [-0.3, -0.25) is 9.78 Å². The number of amides is 1. The third kappa shape index (κ3) is 4.12. The Morgan fingerprint density at radius 3 is 2.81 bits per heavy atom. The topological polar surface area (TPSA) is 94.0 Å². The van der Waals surface area contributed by atoms with E-state index in [4.69, 9.17) is 4.74 Å². The van der Waals surface area contributed by atoms with Crippen molar-refractivity contribution in [2.75, 3.05) is 18.4 Å². The van der Waals surface area contributed by atoms with Gasteiger partial charge in [0, 0.05) is 12.3 Å². The quantitative estimate of drug-likeness (QED) is 0.723. The maximum Gasteiger partial charge on any atom is 0.277 e. The van der Waals surface area contributed by atoms with Gasteiger partial charge in [0.15, 0.2) is 11.4 Å². The molecular formula is C19H20N6O2. The van der Waals surface area contributed by atoms with Gasteiger partial charge in [0.2, 0.25) is 0 Å². The molecule has 1 aliphatic heterocycles. The second-order valence-corrected chi connectivity index (χ2v) is 6.31. The molecule has 2 aromatic heterocycles. The minimum Gasteiger partial charge on any atom is -0.455 e. The van der Waals surface area contributed by atoms with Crippen LogP contribution in [0, 0.1) is 0 Å². The van der Waals surface area contributed by atoms with Crippen LogP contribution in [0.2, 0.25) is 0 Å². The first-order chi connectivity index (χ1) is 13.3. The van der Waals surface area contributed by atoms with Gasteiger partial charge >= 0.3 is 0 Å². The monoisotopic (exact) mass is 364 g/mol. The molecule has 2 N–H and O–H groups in total. The highest BCUT2D eigenvalue weighted by Gasteiger charge is 2.19. The van der Waals surface area contributed by atoms with Gasteiger partial charge < -0.3 is 15.4 Å². The molecule has 1 fully saturated rings. The first-order valence-electron chi connectivity index (χ1n) is 8.90. The molecule has 1 saturated heterocycles. The highest BCUT2D eigenvalue weighted by molar-refractivity contribution is 6.03. The van der Waals surface area contributed by atoms with Gasteiger partial charge in [0.1, 0.15) is 11.4 Å². The maximum atomic E-state index is 12.6. The third-order valence-electron chi connectivity index (χ3n) is 4.43. The summed E-state index contributed by atoms with van der Waals surface area (Å²) in [5.41, 5.74) is 0.741. The zero-order valence-corrected chi connectivity index (χ0v) is 14.7. The normalized spacial score (nSPS) is 14.7. The molecule has 8 heteroatoms. The van der Waals surface area contributed by atoms with Crippen molar-refractivity contribution >= 4 is 11.6 Å². The molecule has 4 rings (SSSR count). The fourth-order valence-corrected chi connectivity index (χ4v) is 3.00. The highest BCUT2D eigenvalue weighted by Crippen LogP contribution is 2.28. The van der Waals surface area contributed by atoms with Crippen molar-refractivity contribution in [3.8, 4) is 11.5 Å². The minimum absolute atomic E-state index is 0.267. The second-order valence-electron chi connectivity index (χ2n) is 6.31. The minimum atomic E-state index is -0.346. The molecule has 1 aromatic carbocycles. The number of hydrogen-bond donors (Lipinski definition) is 2. The van der Waals surface area contributed by atoms with E-state index in [1.54, 1.807) is 29.3 Å². The van der Waals surface area contributed by atoms with Gasteiger partial charge in [-0.1, -0.05) is 23.4 Å². The van der Waals surface area contributed by atoms with E-state index in [2.05, 4.69) is 25.9 Å². The number of ether oxygens (including phenoxy) is 1. The van der Waals surface area contributed by atoms with Crippen LogP contribution < -0.4 is 15.4 Å². The lowest BCUT2D eigenvalue weighted by molar-refractivity contribution is 0.102. The van der Waals surface area contributed by atoms with Crippen LogP contribution in [0.3, 0.4) is 0 Å². The average Bonchev–Trinajstić information content (AvgIpc) is 3.21. The smallest absolute Gasteiger partial charge is 0.277 e. The predicted molar refractivity (Wildman–Crippen MR) is 99.9 cm³/mol. The van der Waals surface area contributed by atoms with Crippen LogP contribution in [0.5, 0.6) is 11.5 Å². The second kappa shape index (κ2) is 7.96. The van der Waals surface area contributed by atoms with Gasteiger partial charge in [-0.15, -0.1) is 5.10 Å². The standard InChI is InChI=1S/C19H20N6O2/c26-19(17-13-25(24-23-17)14-6-9-20-10-7-14)22-16-12-21-11-8-18(16)27-15-4-2-1-3-5-15/h1-5,8,11-14,20H,6-7,9-10H2,(H,22,26). The summed E-state index contributed by atoms with van der Waals surface area (Å²) < 4.78 is 7.62. The molecule has 0 aliphatic carbocycles. The van der Waals surface area contributed by atoms with E-state index < -0.39 is 0 Å². The molecule has 0 saturated carbocycles. The van der Waals surface area contributed by atoms with Crippen molar-refractivity contribution < 1.29 is 9.53 Å². The van der Waals surface area contributed by atoms with Crippen molar-refractivity contribution in [3.05, 3.63) is 60.7 Å². The molecule has 0 radical (unpaired) electrons. The molecule has 0 unspecified atom stereocenters. The van der Waals surface area contributed by atoms with Crippen LogP contribution in [0.15, 0.2) is 55.0 Å². The summed E-state index contributed by atoms with van der Waals surface area (Å²) >= 11 is 0.